The van der Waals surface area contributed by atoms with E-state index in [0.717, 1.165) is 0 Å². The molecule has 1 heterocycles. The van der Waals surface area contributed by atoms with Gasteiger partial charge in [-0.15, -0.1) is 11.3 Å². The summed E-state index contributed by atoms with van der Waals surface area (Å²) in [5.74, 6) is -0.679. The van der Waals surface area contributed by atoms with Crippen molar-refractivity contribution >= 4 is 23.1 Å². The Labute approximate surface area is 74.0 Å². The second-order valence-electron chi connectivity index (χ2n) is 2.28. The summed E-state index contributed by atoms with van der Waals surface area (Å²) in [5.41, 5.74) is 0. The minimum Gasteiger partial charge on any atom is -0.415 e. The molecule has 0 aliphatic rings. The van der Waals surface area contributed by atoms with Crippen molar-refractivity contribution < 1.29 is 14.3 Å². The van der Waals surface area contributed by atoms with Gasteiger partial charge in [0, 0.05) is 0 Å². The molecule has 0 bridgehead atoms. The number of Topliss-reactive ketones (excluding diaryl/α,β-unsaturated/α-hetero) is 1. The molecule has 0 aliphatic heterocycles. The zero-order chi connectivity index (χ0) is 8.97. The van der Waals surface area contributed by atoms with Gasteiger partial charge in [0.25, 0.3) is 0 Å². The third kappa shape index (κ3) is 2.84. The quantitative estimate of drug-likeness (QED) is 0.529. The molecule has 64 valence electrons. The molecule has 0 aliphatic carbocycles. The van der Waals surface area contributed by atoms with Crippen molar-refractivity contribution in [2.75, 3.05) is 0 Å². The van der Waals surface area contributed by atoms with Crippen LogP contribution in [0, 0.1) is 0 Å². The Balaban J connectivity index is 2.42. The van der Waals surface area contributed by atoms with Gasteiger partial charge in [0.1, 0.15) is 12.2 Å². The van der Waals surface area contributed by atoms with Crippen LogP contribution < -0.4 is 4.74 Å². The van der Waals surface area contributed by atoms with E-state index in [1.54, 1.807) is 17.5 Å². The average Bonchev–Trinajstić information content (AvgIpc) is 2.37. The van der Waals surface area contributed by atoms with E-state index in [1.807, 2.05) is 0 Å². The minimum atomic E-state index is -0.495. The molecule has 4 heteroatoms. The van der Waals surface area contributed by atoms with Crippen LogP contribution in [0.1, 0.15) is 13.3 Å². The standard InChI is InChI=1S/C8H8O3S/c1-6(9)5-7(10)11-8-3-2-4-12-8/h2-4H,5H2,1H3. The lowest BCUT2D eigenvalue weighted by molar-refractivity contribution is -0.137. The topological polar surface area (TPSA) is 43.4 Å². The fourth-order valence-electron chi connectivity index (χ4n) is 0.673. The highest BCUT2D eigenvalue weighted by Gasteiger charge is 2.07. The Kier molecular flexibility index (Phi) is 2.99. The van der Waals surface area contributed by atoms with E-state index in [-0.39, 0.29) is 12.2 Å². The highest BCUT2D eigenvalue weighted by molar-refractivity contribution is 7.11. The number of carbonyl (C=O) groups is 2. The molecule has 0 radical (unpaired) electrons. The molecular weight excluding hydrogens is 176 g/mol. The van der Waals surface area contributed by atoms with Crippen molar-refractivity contribution in [1.29, 1.82) is 0 Å². The van der Waals surface area contributed by atoms with Gasteiger partial charge in [-0.3, -0.25) is 9.59 Å². The number of rotatable bonds is 3. The lowest BCUT2D eigenvalue weighted by Gasteiger charge is -1.97. The maximum absolute atomic E-state index is 10.9. The number of ether oxygens (including phenoxy) is 1. The van der Waals surface area contributed by atoms with E-state index in [9.17, 15) is 9.59 Å². The smallest absolute Gasteiger partial charge is 0.319 e. The fourth-order valence-corrected chi connectivity index (χ4v) is 1.26. The predicted molar refractivity (Wildman–Crippen MR) is 45.3 cm³/mol. The summed E-state index contributed by atoms with van der Waals surface area (Å²) >= 11 is 1.32. The number of ketones is 1. The Morgan fingerprint density at radius 2 is 2.33 bits per heavy atom. The molecular formula is C8H8O3S. The van der Waals surface area contributed by atoms with E-state index < -0.39 is 5.97 Å². The van der Waals surface area contributed by atoms with Crippen molar-refractivity contribution in [3.05, 3.63) is 17.5 Å². The first kappa shape index (κ1) is 8.93. The number of hydrogen-bond acceptors (Lipinski definition) is 4. The van der Waals surface area contributed by atoms with E-state index in [2.05, 4.69) is 0 Å². The maximum atomic E-state index is 10.9. The molecule has 1 aromatic heterocycles. The molecule has 0 spiro atoms. The Morgan fingerprint density at radius 3 is 2.83 bits per heavy atom. The second-order valence-corrected chi connectivity index (χ2v) is 3.20. The summed E-state index contributed by atoms with van der Waals surface area (Å²) in [7, 11) is 0. The van der Waals surface area contributed by atoms with Gasteiger partial charge in [0.2, 0.25) is 0 Å². The zero-order valence-corrected chi connectivity index (χ0v) is 7.39. The lowest BCUT2D eigenvalue weighted by atomic mass is 10.3. The number of thiophene rings is 1. The summed E-state index contributed by atoms with van der Waals surface area (Å²) in [6.07, 6.45) is -0.155. The maximum Gasteiger partial charge on any atom is 0.319 e. The van der Waals surface area contributed by atoms with Gasteiger partial charge < -0.3 is 4.74 Å². The minimum absolute atomic E-state index is 0.155. The first-order valence-electron chi connectivity index (χ1n) is 3.42. The summed E-state index contributed by atoms with van der Waals surface area (Å²) in [6.45, 7) is 1.36. The van der Waals surface area contributed by atoms with Crippen molar-refractivity contribution in [3.63, 3.8) is 0 Å². The molecule has 0 aromatic carbocycles. The van der Waals surface area contributed by atoms with Crippen LogP contribution in [0.4, 0.5) is 0 Å². The van der Waals surface area contributed by atoms with Gasteiger partial charge in [-0.1, -0.05) is 0 Å². The van der Waals surface area contributed by atoms with Crippen molar-refractivity contribution in [2.24, 2.45) is 0 Å². The van der Waals surface area contributed by atoms with Crippen LogP contribution in [0.2, 0.25) is 0 Å². The molecule has 0 amide bonds. The van der Waals surface area contributed by atoms with Crippen molar-refractivity contribution in [2.45, 2.75) is 13.3 Å². The number of carbonyl (C=O) groups excluding carboxylic acids is 2. The summed E-state index contributed by atoms with van der Waals surface area (Å²) in [6, 6.07) is 3.46. The molecule has 3 nitrogen and oxygen atoms in total. The van der Waals surface area contributed by atoms with Gasteiger partial charge in [-0.05, 0) is 24.4 Å². The monoisotopic (exact) mass is 184 g/mol. The molecule has 1 aromatic rings. The SMILES string of the molecule is CC(=O)CC(=O)Oc1cccs1. The van der Waals surface area contributed by atoms with Gasteiger partial charge >= 0.3 is 5.97 Å². The molecule has 0 N–H and O–H groups in total. The average molecular weight is 184 g/mol. The van der Waals surface area contributed by atoms with E-state index in [1.165, 1.54) is 18.3 Å². The van der Waals surface area contributed by atoms with Crippen molar-refractivity contribution in [1.82, 2.24) is 0 Å². The molecule has 0 atom stereocenters. The van der Waals surface area contributed by atoms with Crippen LogP contribution in [-0.4, -0.2) is 11.8 Å². The van der Waals surface area contributed by atoms with Crippen LogP contribution in [0.15, 0.2) is 17.5 Å². The van der Waals surface area contributed by atoms with Crippen LogP contribution >= 0.6 is 11.3 Å². The van der Waals surface area contributed by atoms with Crippen LogP contribution in [0.3, 0.4) is 0 Å². The third-order valence-corrected chi connectivity index (χ3v) is 1.85. The molecule has 0 saturated carbocycles. The Hall–Kier alpha value is -1.16. The lowest BCUT2D eigenvalue weighted by Crippen LogP contribution is -2.10. The number of hydrogen-bond donors (Lipinski definition) is 0. The fraction of sp³-hybridized carbons (Fsp3) is 0.250. The van der Waals surface area contributed by atoms with Crippen LogP contribution in [-0.2, 0) is 9.59 Å². The van der Waals surface area contributed by atoms with Crippen molar-refractivity contribution in [3.8, 4) is 5.06 Å². The Morgan fingerprint density at radius 1 is 1.58 bits per heavy atom. The molecule has 0 saturated heterocycles. The molecule has 12 heavy (non-hydrogen) atoms. The van der Waals surface area contributed by atoms with E-state index in [4.69, 9.17) is 4.74 Å². The van der Waals surface area contributed by atoms with Gasteiger partial charge in [0.15, 0.2) is 5.06 Å². The molecule has 0 fully saturated rings. The second kappa shape index (κ2) is 4.01. The van der Waals surface area contributed by atoms with E-state index >= 15 is 0 Å². The van der Waals surface area contributed by atoms with Crippen LogP contribution in [0.5, 0.6) is 5.06 Å². The summed E-state index contributed by atoms with van der Waals surface area (Å²) in [4.78, 5) is 21.4. The van der Waals surface area contributed by atoms with Gasteiger partial charge in [-0.2, -0.15) is 0 Å². The first-order valence-corrected chi connectivity index (χ1v) is 4.30. The highest BCUT2D eigenvalue weighted by atomic mass is 32.1. The molecule has 0 unspecified atom stereocenters. The van der Waals surface area contributed by atoms with Gasteiger partial charge in [-0.25, -0.2) is 0 Å². The summed E-state index contributed by atoms with van der Waals surface area (Å²) in [5, 5.41) is 2.33. The Bertz CT molecular complexity index is 277. The zero-order valence-electron chi connectivity index (χ0n) is 6.57. The number of esters is 1. The predicted octanol–water partition coefficient (Wildman–Crippen LogP) is 1.63. The normalized spacial score (nSPS) is 9.42. The largest absolute Gasteiger partial charge is 0.415 e. The summed E-state index contributed by atoms with van der Waals surface area (Å²) < 4.78 is 4.82. The van der Waals surface area contributed by atoms with Gasteiger partial charge in [0.05, 0.1) is 0 Å². The highest BCUT2D eigenvalue weighted by Crippen LogP contribution is 2.18. The third-order valence-electron chi connectivity index (χ3n) is 1.10. The van der Waals surface area contributed by atoms with E-state index in [0.29, 0.717) is 5.06 Å². The first-order chi connectivity index (χ1) is 5.68. The molecule has 1 rings (SSSR count). The van der Waals surface area contributed by atoms with Crippen LogP contribution in [0.25, 0.3) is 0 Å².